The molecule has 4 rings (SSSR count). The molecule has 1 unspecified atom stereocenters. The number of aromatic nitrogens is 1. The number of halogens is 5. The van der Waals surface area contributed by atoms with Crippen LogP contribution in [0.3, 0.4) is 0 Å². The van der Waals surface area contributed by atoms with Crippen molar-refractivity contribution in [3.63, 3.8) is 0 Å². The minimum atomic E-state index is -4.84. The molecule has 0 spiro atoms. The molecule has 0 saturated carbocycles. The van der Waals surface area contributed by atoms with Gasteiger partial charge in [-0.25, -0.2) is 0 Å². The van der Waals surface area contributed by atoms with Gasteiger partial charge in [0.25, 0.3) is 11.5 Å². The van der Waals surface area contributed by atoms with Crippen molar-refractivity contribution in [3.05, 3.63) is 87.0 Å². The van der Waals surface area contributed by atoms with Crippen molar-refractivity contribution < 1.29 is 27.2 Å². The molecule has 0 fully saturated rings. The SMILES string of the molecule is Cc1oc(C2=NOC(c3cc(Cl)cc(Cl)c3)(C(F)(F)F)C2)cc1C(=O)NCc1ccccn1. The Hall–Kier alpha value is -3.04. The van der Waals surface area contributed by atoms with E-state index in [4.69, 9.17) is 32.5 Å². The lowest BCUT2D eigenvalue weighted by Gasteiger charge is -2.29. The number of carbonyl (C=O) groups is 1. The first-order valence-corrected chi connectivity index (χ1v) is 10.4. The van der Waals surface area contributed by atoms with Crippen LogP contribution in [0.25, 0.3) is 0 Å². The van der Waals surface area contributed by atoms with Gasteiger partial charge in [0, 0.05) is 21.8 Å². The van der Waals surface area contributed by atoms with Crippen molar-refractivity contribution in [3.8, 4) is 0 Å². The third kappa shape index (κ3) is 4.56. The molecule has 33 heavy (non-hydrogen) atoms. The lowest BCUT2D eigenvalue weighted by Crippen LogP contribution is -2.42. The number of aryl methyl sites for hydroxylation is 1. The van der Waals surface area contributed by atoms with Crippen LogP contribution in [-0.2, 0) is 17.0 Å². The fourth-order valence-electron chi connectivity index (χ4n) is 3.44. The molecule has 2 aromatic heterocycles. The largest absolute Gasteiger partial charge is 0.459 e. The molecule has 1 amide bonds. The Morgan fingerprint density at radius 1 is 1.18 bits per heavy atom. The summed E-state index contributed by atoms with van der Waals surface area (Å²) in [6.45, 7) is 1.71. The molecule has 0 aliphatic carbocycles. The van der Waals surface area contributed by atoms with Gasteiger partial charge in [-0.15, -0.1) is 0 Å². The second kappa shape index (κ2) is 8.72. The van der Waals surface area contributed by atoms with Gasteiger partial charge in [-0.1, -0.05) is 34.4 Å². The molecule has 172 valence electrons. The smallest absolute Gasteiger partial charge is 0.435 e. The van der Waals surface area contributed by atoms with E-state index in [1.54, 1.807) is 24.4 Å². The highest BCUT2D eigenvalue weighted by Crippen LogP contribution is 2.49. The van der Waals surface area contributed by atoms with Crippen molar-refractivity contribution in [2.45, 2.75) is 31.7 Å². The maximum Gasteiger partial charge on any atom is 0.435 e. The molecule has 1 aliphatic heterocycles. The molecule has 0 radical (unpaired) electrons. The van der Waals surface area contributed by atoms with E-state index < -0.39 is 24.1 Å². The summed E-state index contributed by atoms with van der Waals surface area (Å²) in [7, 11) is 0. The predicted molar refractivity (Wildman–Crippen MR) is 115 cm³/mol. The summed E-state index contributed by atoms with van der Waals surface area (Å²) in [5.41, 5.74) is -2.37. The second-order valence-electron chi connectivity index (χ2n) is 7.37. The van der Waals surface area contributed by atoms with E-state index >= 15 is 0 Å². The Kier molecular flexibility index (Phi) is 6.11. The molecule has 0 bridgehead atoms. The van der Waals surface area contributed by atoms with Crippen LogP contribution < -0.4 is 5.32 Å². The topological polar surface area (TPSA) is 76.7 Å². The van der Waals surface area contributed by atoms with Crippen LogP contribution in [-0.4, -0.2) is 22.8 Å². The maximum atomic E-state index is 14.1. The Balaban J connectivity index is 1.57. The number of benzene rings is 1. The van der Waals surface area contributed by atoms with Gasteiger partial charge in [-0.3, -0.25) is 9.78 Å². The number of amides is 1. The summed E-state index contributed by atoms with van der Waals surface area (Å²) >= 11 is 11.8. The van der Waals surface area contributed by atoms with Crippen LogP contribution in [0, 0.1) is 6.92 Å². The van der Waals surface area contributed by atoms with Crippen LogP contribution in [0.5, 0.6) is 0 Å². The Morgan fingerprint density at radius 3 is 2.55 bits per heavy atom. The Labute approximate surface area is 196 Å². The normalized spacial score (nSPS) is 18.1. The number of alkyl halides is 3. The minimum absolute atomic E-state index is 0.00487. The zero-order valence-corrected chi connectivity index (χ0v) is 18.6. The molecule has 3 heterocycles. The quantitative estimate of drug-likeness (QED) is 0.483. The Bertz CT molecular complexity index is 1210. The van der Waals surface area contributed by atoms with Crippen molar-refractivity contribution >= 4 is 34.8 Å². The highest BCUT2D eigenvalue weighted by Gasteiger charge is 2.62. The summed E-state index contributed by atoms with van der Waals surface area (Å²) < 4.78 is 48.0. The summed E-state index contributed by atoms with van der Waals surface area (Å²) in [5.74, 6) is -0.243. The van der Waals surface area contributed by atoms with E-state index in [1.807, 2.05) is 0 Å². The maximum absolute atomic E-state index is 14.1. The molecule has 11 heteroatoms. The lowest BCUT2D eigenvalue weighted by atomic mass is 9.87. The van der Waals surface area contributed by atoms with Crippen molar-refractivity contribution in [1.82, 2.24) is 10.3 Å². The summed E-state index contributed by atoms with van der Waals surface area (Å²) in [6.07, 6.45) is -3.92. The Morgan fingerprint density at radius 2 is 1.91 bits per heavy atom. The van der Waals surface area contributed by atoms with Gasteiger partial charge in [0.15, 0.2) is 5.76 Å². The van der Waals surface area contributed by atoms with Gasteiger partial charge in [-0.2, -0.15) is 13.2 Å². The van der Waals surface area contributed by atoms with Gasteiger partial charge < -0.3 is 14.6 Å². The molecular weight excluding hydrogens is 482 g/mol. The zero-order chi connectivity index (χ0) is 23.8. The van der Waals surface area contributed by atoms with Crippen LogP contribution in [0.4, 0.5) is 13.2 Å². The van der Waals surface area contributed by atoms with Crippen LogP contribution in [0.15, 0.2) is 58.2 Å². The highest BCUT2D eigenvalue weighted by atomic mass is 35.5. The van der Waals surface area contributed by atoms with E-state index in [1.165, 1.54) is 19.1 Å². The first-order chi connectivity index (χ1) is 15.6. The number of oxime groups is 1. The molecule has 1 aliphatic rings. The highest BCUT2D eigenvalue weighted by molar-refractivity contribution is 6.34. The van der Waals surface area contributed by atoms with Gasteiger partial charge >= 0.3 is 6.18 Å². The number of nitrogens with zero attached hydrogens (tertiary/aromatic N) is 2. The van der Waals surface area contributed by atoms with Crippen LogP contribution in [0.1, 0.15) is 39.6 Å². The fourth-order valence-corrected chi connectivity index (χ4v) is 3.97. The van der Waals surface area contributed by atoms with Crippen molar-refractivity contribution in [1.29, 1.82) is 0 Å². The number of rotatable bonds is 5. The molecule has 1 N–H and O–H groups in total. The number of furan rings is 1. The number of hydrogen-bond donors (Lipinski definition) is 1. The van der Waals surface area contributed by atoms with Gasteiger partial charge in [-0.05, 0) is 43.3 Å². The monoisotopic (exact) mass is 497 g/mol. The molecule has 3 aromatic rings. The fraction of sp³-hybridized carbons (Fsp3) is 0.227. The van der Waals surface area contributed by atoms with E-state index in [9.17, 15) is 18.0 Å². The summed E-state index contributed by atoms with van der Waals surface area (Å²) in [6, 6.07) is 10.2. The average Bonchev–Trinajstić information content (AvgIpc) is 3.37. The van der Waals surface area contributed by atoms with Crippen LogP contribution >= 0.6 is 23.2 Å². The third-order valence-corrected chi connectivity index (χ3v) is 5.55. The molecule has 0 saturated heterocycles. The zero-order valence-electron chi connectivity index (χ0n) is 17.0. The summed E-state index contributed by atoms with van der Waals surface area (Å²) in [4.78, 5) is 21.6. The second-order valence-corrected chi connectivity index (χ2v) is 8.25. The standard InChI is InChI=1S/C22H16Cl2F3N3O3/c1-12-17(20(31)29-11-16-4-2-3-5-28-16)9-19(32-12)18-10-21(33-30-18,22(25,26)27)13-6-14(23)8-15(24)7-13/h2-9H,10-11H2,1H3,(H,29,31). The van der Waals surface area contributed by atoms with E-state index in [0.717, 1.165) is 12.1 Å². The lowest BCUT2D eigenvalue weighted by molar-refractivity contribution is -0.275. The van der Waals surface area contributed by atoms with Gasteiger partial charge in [0.05, 0.1) is 24.2 Å². The average molecular weight is 498 g/mol. The van der Waals surface area contributed by atoms with E-state index in [0.29, 0.717) is 5.69 Å². The first kappa shape index (κ1) is 23.1. The molecule has 1 aromatic carbocycles. The van der Waals surface area contributed by atoms with E-state index in [-0.39, 0.29) is 44.9 Å². The summed E-state index contributed by atoms with van der Waals surface area (Å²) in [5, 5.41) is 6.39. The van der Waals surface area contributed by atoms with Crippen molar-refractivity contribution in [2.24, 2.45) is 5.16 Å². The number of pyridine rings is 1. The van der Waals surface area contributed by atoms with Gasteiger partial charge in [0.1, 0.15) is 11.5 Å². The first-order valence-electron chi connectivity index (χ1n) is 9.66. The molecule has 6 nitrogen and oxygen atoms in total. The third-order valence-electron chi connectivity index (χ3n) is 5.12. The number of hydrogen-bond acceptors (Lipinski definition) is 5. The van der Waals surface area contributed by atoms with Crippen LogP contribution in [0.2, 0.25) is 10.0 Å². The number of nitrogens with one attached hydrogen (secondary N) is 1. The molecular formula is C22H16Cl2F3N3O3. The molecule has 1 atom stereocenters. The van der Waals surface area contributed by atoms with E-state index in [2.05, 4.69) is 15.5 Å². The van der Waals surface area contributed by atoms with Gasteiger partial charge in [0.2, 0.25) is 0 Å². The number of carbonyl (C=O) groups excluding carboxylic acids is 1. The minimum Gasteiger partial charge on any atom is -0.459 e. The van der Waals surface area contributed by atoms with Crippen molar-refractivity contribution in [2.75, 3.05) is 0 Å². The predicted octanol–water partition coefficient (Wildman–Crippen LogP) is 5.80.